The van der Waals surface area contributed by atoms with Crippen molar-refractivity contribution >= 4 is 17.5 Å². The summed E-state index contributed by atoms with van der Waals surface area (Å²) < 4.78 is 27.8. The van der Waals surface area contributed by atoms with Gasteiger partial charge in [0.25, 0.3) is 6.43 Å². The molecule has 5 aliphatic rings. The molecule has 5 aliphatic carbocycles. The molecule has 4 bridgehead atoms. The molecule has 5 saturated carbocycles. The molecule has 0 radical (unpaired) electrons. The lowest BCUT2D eigenvalue weighted by atomic mass is 9.53. The van der Waals surface area contributed by atoms with E-state index in [1.807, 2.05) is 0 Å². The Bertz CT molecular complexity index is 708. The molecule has 0 atom stereocenters. The Labute approximate surface area is 156 Å². The fourth-order valence-electron chi connectivity index (χ4n) is 6.21. The Kier molecular flexibility index (Phi) is 3.86. The summed E-state index contributed by atoms with van der Waals surface area (Å²) in [6.45, 7) is -0.0139. The van der Waals surface area contributed by atoms with E-state index in [1.165, 1.54) is 23.9 Å². The number of alkyl halides is 2. The average molecular weight is 384 g/mol. The minimum atomic E-state index is -2.72. The van der Waals surface area contributed by atoms with Crippen LogP contribution in [0, 0.1) is 17.8 Å². The summed E-state index contributed by atoms with van der Waals surface area (Å²) in [6.07, 6.45) is 6.28. The normalized spacial score (nSPS) is 35.3. The molecule has 26 heavy (non-hydrogen) atoms. The highest BCUT2D eigenvalue weighted by Crippen LogP contribution is 2.55. The van der Waals surface area contributed by atoms with Gasteiger partial charge in [-0.05, 0) is 69.1 Å². The molecule has 0 unspecified atom stereocenters. The van der Waals surface area contributed by atoms with Crippen molar-refractivity contribution in [1.82, 2.24) is 15.1 Å². The van der Waals surface area contributed by atoms with Crippen molar-refractivity contribution in [2.75, 3.05) is 0 Å². The first-order valence-corrected chi connectivity index (χ1v) is 10.2. The Morgan fingerprint density at radius 3 is 2.27 bits per heavy atom. The third-order valence-corrected chi connectivity index (χ3v) is 7.25. The smallest absolute Gasteiger partial charge is 0.283 e. The van der Waals surface area contributed by atoms with E-state index >= 15 is 0 Å². The van der Waals surface area contributed by atoms with Crippen molar-refractivity contribution < 1.29 is 13.6 Å². The number of carbonyl (C=O) groups is 1. The number of carbonyl (C=O) groups excluding carboxylic acids is 1. The highest BCUT2D eigenvalue weighted by molar-refractivity contribution is 6.32. The molecule has 1 aromatic rings. The minimum absolute atomic E-state index is 0.0139. The van der Waals surface area contributed by atoms with E-state index in [4.69, 9.17) is 11.6 Å². The van der Waals surface area contributed by atoms with Gasteiger partial charge in [0.15, 0.2) is 0 Å². The van der Waals surface area contributed by atoms with Crippen LogP contribution in [0.3, 0.4) is 0 Å². The van der Waals surface area contributed by atoms with Gasteiger partial charge in [-0.3, -0.25) is 9.48 Å². The number of rotatable bonds is 5. The molecule has 142 valence electrons. The largest absolute Gasteiger partial charge is 0.349 e. The van der Waals surface area contributed by atoms with E-state index in [2.05, 4.69) is 10.4 Å². The zero-order valence-electron chi connectivity index (χ0n) is 14.7. The maximum atomic E-state index is 13.2. The lowest BCUT2D eigenvalue weighted by Crippen LogP contribution is -2.60. The Hall–Kier alpha value is -1.17. The summed E-state index contributed by atoms with van der Waals surface area (Å²) in [5, 5.41) is 7.31. The van der Waals surface area contributed by atoms with Crippen molar-refractivity contribution in [2.24, 2.45) is 17.8 Å². The second-order valence-electron chi connectivity index (χ2n) is 9.06. The van der Waals surface area contributed by atoms with Crippen LogP contribution in [0.15, 0.2) is 0 Å². The van der Waals surface area contributed by atoms with Crippen LogP contribution < -0.4 is 5.32 Å². The lowest BCUT2D eigenvalue weighted by molar-refractivity contribution is -0.127. The van der Waals surface area contributed by atoms with Gasteiger partial charge in [-0.1, -0.05) is 11.6 Å². The van der Waals surface area contributed by atoms with Gasteiger partial charge in [0.1, 0.15) is 12.2 Å². The van der Waals surface area contributed by atoms with E-state index in [0.29, 0.717) is 5.69 Å². The molecule has 0 aromatic carbocycles. The van der Waals surface area contributed by atoms with E-state index in [-0.39, 0.29) is 28.9 Å². The van der Waals surface area contributed by atoms with Crippen molar-refractivity contribution in [2.45, 2.75) is 75.8 Å². The fourth-order valence-corrected chi connectivity index (χ4v) is 6.59. The molecule has 1 heterocycles. The second-order valence-corrected chi connectivity index (χ2v) is 9.44. The molecular weight excluding hydrogens is 360 g/mol. The summed E-state index contributed by atoms with van der Waals surface area (Å²) in [7, 11) is 0. The Morgan fingerprint density at radius 2 is 1.77 bits per heavy atom. The van der Waals surface area contributed by atoms with Crippen LogP contribution in [-0.4, -0.2) is 21.2 Å². The molecule has 6 rings (SSSR count). The van der Waals surface area contributed by atoms with Crippen LogP contribution >= 0.6 is 11.6 Å². The van der Waals surface area contributed by atoms with Crippen LogP contribution in [0.4, 0.5) is 8.78 Å². The summed E-state index contributed by atoms with van der Waals surface area (Å²) in [5.41, 5.74) is 0.146. The van der Waals surface area contributed by atoms with Gasteiger partial charge >= 0.3 is 0 Å². The monoisotopic (exact) mass is 383 g/mol. The molecule has 4 nitrogen and oxygen atoms in total. The fraction of sp³-hybridized carbons (Fsp3) is 0.789. The topological polar surface area (TPSA) is 46.9 Å². The molecular formula is C19H24ClF2N3O. The number of nitrogens with one attached hydrogen (secondary N) is 1. The molecule has 0 aliphatic heterocycles. The number of hydrogen-bond donors (Lipinski definition) is 1. The van der Waals surface area contributed by atoms with Crippen LogP contribution in [-0.2, 0) is 11.3 Å². The van der Waals surface area contributed by atoms with Gasteiger partial charge < -0.3 is 5.32 Å². The minimum Gasteiger partial charge on any atom is -0.349 e. The van der Waals surface area contributed by atoms with Crippen LogP contribution in [0.1, 0.15) is 75.1 Å². The van der Waals surface area contributed by atoms with Crippen LogP contribution in [0.5, 0.6) is 0 Å². The predicted octanol–water partition coefficient (Wildman–Crippen LogP) is 4.44. The Morgan fingerprint density at radius 1 is 1.19 bits per heavy atom. The van der Waals surface area contributed by atoms with E-state index in [9.17, 15) is 13.6 Å². The maximum absolute atomic E-state index is 13.2. The highest BCUT2D eigenvalue weighted by atomic mass is 35.5. The van der Waals surface area contributed by atoms with Crippen LogP contribution in [0.2, 0.25) is 5.02 Å². The number of aromatic nitrogens is 2. The molecule has 1 amide bonds. The first-order chi connectivity index (χ1) is 12.4. The second kappa shape index (κ2) is 5.91. The van der Waals surface area contributed by atoms with Gasteiger partial charge in [-0.25, -0.2) is 8.78 Å². The lowest BCUT2D eigenvalue weighted by Gasteiger charge is -2.56. The van der Waals surface area contributed by atoms with E-state index in [1.54, 1.807) is 0 Å². The maximum Gasteiger partial charge on any atom is 0.283 e. The SMILES string of the molecule is O=C(Cn1nc(C(F)F)c(Cl)c1C1CC1)NC12CC3CC(CC(C3)C1)C2. The average Bonchev–Trinajstić information content (AvgIpc) is 3.29. The zero-order chi connectivity index (χ0) is 18.1. The highest BCUT2D eigenvalue weighted by Gasteiger charge is 2.51. The van der Waals surface area contributed by atoms with Gasteiger partial charge in [0.2, 0.25) is 5.91 Å². The third-order valence-electron chi connectivity index (χ3n) is 6.86. The predicted molar refractivity (Wildman–Crippen MR) is 93.2 cm³/mol. The standard InChI is InChI=1S/C19H24ClF2N3O/c20-15-16(18(21)22)24-25(17(15)13-1-2-13)9-14(26)23-19-6-10-3-11(7-19)5-12(4-10)8-19/h10-13,18H,1-9H2,(H,23,26). The number of amides is 1. The zero-order valence-corrected chi connectivity index (χ0v) is 15.4. The van der Waals surface area contributed by atoms with Crippen LogP contribution in [0.25, 0.3) is 0 Å². The van der Waals surface area contributed by atoms with E-state index < -0.39 is 12.1 Å². The Balaban J connectivity index is 1.34. The summed E-state index contributed by atoms with van der Waals surface area (Å²) in [6, 6.07) is 0. The number of nitrogens with zero attached hydrogens (tertiary/aromatic N) is 2. The van der Waals surface area contributed by atoms with Gasteiger partial charge in [0.05, 0.1) is 10.7 Å². The summed E-state index contributed by atoms with van der Waals surface area (Å²) in [5.74, 6) is 2.28. The first-order valence-electron chi connectivity index (χ1n) is 9.78. The summed E-state index contributed by atoms with van der Waals surface area (Å²) in [4.78, 5) is 12.8. The molecule has 0 saturated heterocycles. The third kappa shape index (κ3) is 2.85. The quantitative estimate of drug-likeness (QED) is 0.817. The molecule has 7 heteroatoms. The van der Waals surface area contributed by atoms with Crippen molar-refractivity contribution in [3.63, 3.8) is 0 Å². The molecule has 1 aromatic heterocycles. The number of hydrogen-bond acceptors (Lipinski definition) is 2. The molecule has 0 spiro atoms. The molecule has 1 N–H and O–H groups in total. The van der Waals surface area contributed by atoms with Gasteiger partial charge in [0, 0.05) is 11.5 Å². The molecule has 5 fully saturated rings. The van der Waals surface area contributed by atoms with Crippen molar-refractivity contribution in [3.8, 4) is 0 Å². The van der Waals surface area contributed by atoms with Gasteiger partial charge in [-0.2, -0.15) is 5.10 Å². The van der Waals surface area contributed by atoms with E-state index in [0.717, 1.165) is 49.9 Å². The summed E-state index contributed by atoms with van der Waals surface area (Å²) >= 11 is 6.15. The number of halogens is 3. The van der Waals surface area contributed by atoms with Crippen molar-refractivity contribution in [3.05, 3.63) is 16.4 Å². The van der Waals surface area contributed by atoms with Gasteiger partial charge in [-0.15, -0.1) is 0 Å². The van der Waals surface area contributed by atoms with Crippen molar-refractivity contribution in [1.29, 1.82) is 0 Å². The first kappa shape index (κ1) is 17.0.